The quantitative estimate of drug-likeness (QED) is 0.772. The van der Waals surface area contributed by atoms with E-state index in [4.69, 9.17) is 0 Å². The van der Waals surface area contributed by atoms with Crippen molar-refractivity contribution >= 4 is 0 Å². The van der Waals surface area contributed by atoms with Gasteiger partial charge in [0.05, 0.1) is 0 Å². The van der Waals surface area contributed by atoms with Gasteiger partial charge in [-0.15, -0.1) is 0 Å². The third-order valence-corrected chi connectivity index (χ3v) is 5.84. The summed E-state index contributed by atoms with van der Waals surface area (Å²) >= 11 is 0. The topological polar surface area (TPSA) is 40.5 Å². The van der Waals surface area contributed by atoms with Crippen LogP contribution in [0.4, 0.5) is 0 Å². The van der Waals surface area contributed by atoms with E-state index in [1.807, 2.05) is 0 Å². The lowest BCUT2D eigenvalue weighted by Gasteiger charge is -2.66. The second kappa shape index (κ2) is 3.23. The highest BCUT2D eigenvalue weighted by atomic mass is 16.3. The first-order chi connectivity index (χ1) is 7.59. The summed E-state index contributed by atoms with van der Waals surface area (Å²) in [6.45, 7) is 2.98. The lowest BCUT2D eigenvalue weighted by molar-refractivity contribution is -0.186. The lowest BCUT2D eigenvalue weighted by atomic mass is 9.39. The molecule has 0 aromatic carbocycles. The number of aliphatic hydroxyl groups excluding tert-OH is 2. The molecule has 16 heavy (non-hydrogen) atoms. The van der Waals surface area contributed by atoms with Crippen LogP contribution in [0, 0.1) is 22.2 Å². The molecule has 0 radical (unpaired) electrons. The summed E-state index contributed by atoms with van der Waals surface area (Å²) in [6.07, 6.45) is 8.52. The van der Waals surface area contributed by atoms with Gasteiger partial charge < -0.3 is 10.2 Å². The molecule has 0 spiro atoms. The zero-order valence-electron chi connectivity index (χ0n) is 10.3. The Morgan fingerprint density at radius 3 is 1.75 bits per heavy atom. The van der Waals surface area contributed by atoms with E-state index in [9.17, 15) is 10.2 Å². The highest BCUT2D eigenvalue weighted by Gasteiger charge is 2.62. The van der Waals surface area contributed by atoms with Crippen LogP contribution in [0.25, 0.3) is 0 Å². The van der Waals surface area contributed by atoms with Crippen LogP contribution in [0.15, 0.2) is 0 Å². The van der Waals surface area contributed by atoms with Gasteiger partial charge in [0.2, 0.25) is 0 Å². The summed E-state index contributed by atoms with van der Waals surface area (Å²) in [7, 11) is 0. The van der Waals surface area contributed by atoms with E-state index in [0.29, 0.717) is 18.6 Å². The molecule has 2 unspecified atom stereocenters. The van der Waals surface area contributed by atoms with Gasteiger partial charge in [-0.1, -0.05) is 13.3 Å². The molecular formula is C14H24O2. The van der Waals surface area contributed by atoms with Crippen molar-refractivity contribution in [1.82, 2.24) is 0 Å². The number of hydrogen-bond acceptors (Lipinski definition) is 2. The second-order valence-corrected chi connectivity index (χ2v) is 7.18. The predicted molar refractivity (Wildman–Crippen MR) is 63.0 cm³/mol. The van der Waals surface area contributed by atoms with Crippen molar-refractivity contribution in [2.45, 2.75) is 51.9 Å². The normalized spacial score (nSPS) is 54.6. The van der Waals surface area contributed by atoms with E-state index < -0.39 is 0 Å². The second-order valence-electron chi connectivity index (χ2n) is 7.18. The first kappa shape index (κ1) is 11.0. The zero-order valence-corrected chi connectivity index (χ0v) is 10.3. The molecule has 4 saturated carbocycles. The van der Waals surface area contributed by atoms with Crippen molar-refractivity contribution in [3.8, 4) is 0 Å². The van der Waals surface area contributed by atoms with Gasteiger partial charge in [0.15, 0.2) is 0 Å². The fourth-order valence-corrected chi connectivity index (χ4v) is 5.81. The third kappa shape index (κ3) is 1.32. The van der Waals surface area contributed by atoms with Crippen LogP contribution >= 0.6 is 0 Å². The molecule has 2 heteroatoms. The van der Waals surface area contributed by atoms with Crippen molar-refractivity contribution < 1.29 is 10.2 Å². The molecule has 4 aliphatic rings. The smallest absolute Gasteiger partial charge is 0.0487 e. The van der Waals surface area contributed by atoms with Crippen LogP contribution in [0.1, 0.15) is 51.9 Å². The van der Waals surface area contributed by atoms with Crippen LogP contribution < -0.4 is 0 Å². The van der Waals surface area contributed by atoms with Crippen molar-refractivity contribution in [3.05, 3.63) is 0 Å². The van der Waals surface area contributed by atoms with Crippen LogP contribution in [0.5, 0.6) is 0 Å². The minimum Gasteiger partial charge on any atom is -0.396 e. The van der Waals surface area contributed by atoms with E-state index in [1.165, 1.54) is 38.5 Å². The van der Waals surface area contributed by atoms with E-state index in [-0.39, 0.29) is 10.8 Å². The van der Waals surface area contributed by atoms with Crippen LogP contribution in [-0.2, 0) is 0 Å². The molecule has 4 fully saturated rings. The maximum atomic E-state index is 9.77. The highest BCUT2D eigenvalue weighted by molar-refractivity contribution is 5.12. The summed E-state index contributed by atoms with van der Waals surface area (Å²) in [5, 5.41) is 19.5. The van der Waals surface area contributed by atoms with E-state index in [0.717, 1.165) is 12.3 Å². The molecule has 92 valence electrons. The molecule has 2 N–H and O–H groups in total. The molecule has 0 aromatic rings. The summed E-state index contributed by atoms with van der Waals surface area (Å²) < 4.78 is 0. The van der Waals surface area contributed by atoms with Gasteiger partial charge >= 0.3 is 0 Å². The highest BCUT2D eigenvalue weighted by Crippen LogP contribution is 2.70. The average Bonchev–Trinajstić information content (AvgIpc) is 2.28. The van der Waals surface area contributed by atoms with Crippen LogP contribution in [-0.4, -0.2) is 23.4 Å². The SMILES string of the molecule is CCC12CC3CC(CO)(C1)CC(CO)(C3)C2. The largest absolute Gasteiger partial charge is 0.396 e. The Bertz CT molecular complexity index is 244. The molecule has 2 nitrogen and oxygen atoms in total. The van der Waals surface area contributed by atoms with Gasteiger partial charge in [0.1, 0.15) is 0 Å². The number of aliphatic hydroxyl groups is 2. The van der Waals surface area contributed by atoms with Gasteiger partial charge in [-0.25, -0.2) is 0 Å². The van der Waals surface area contributed by atoms with Gasteiger partial charge in [-0.3, -0.25) is 0 Å². The van der Waals surface area contributed by atoms with E-state index >= 15 is 0 Å². The first-order valence-electron chi connectivity index (χ1n) is 6.81. The van der Waals surface area contributed by atoms with Crippen molar-refractivity contribution in [1.29, 1.82) is 0 Å². The molecule has 0 heterocycles. The van der Waals surface area contributed by atoms with Gasteiger partial charge in [-0.05, 0) is 60.7 Å². The summed E-state index contributed by atoms with van der Waals surface area (Å²) in [6, 6.07) is 0. The Morgan fingerprint density at radius 1 is 0.875 bits per heavy atom. The molecule has 0 aromatic heterocycles. The van der Waals surface area contributed by atoms with Gasteiger partial charge in [-0.2, -0.15) is 0 Å². The molecule has 4 bridgehead atoms. The molecule has 4 aliphatic carbocycles. The summed E-state index contributed by atoms with van der Waals surface area (Å²) in [5.74, 6) is 0.774. The Labute approximate surface area is 98.1 Å². The fourth-order valence-electron chi connectivity index (χ4n) is 5.81. The minimum absolute atomic E-state index is 0.165. The third-order valence-electron chi connectivity index (χ3n) is 5.84. The lowest BCUT2D eigenvalue weighted by Crippen LogP contribution is -2.58. The van der Waals surface area contributed by atoms with E-state index in [2.05, 4.69) is 6.92 Å². The Morgan fingerprint density at radius 2 is 1.31 bits per heavy atom. The van der Waals surface area contributed by atoms with Crippen molar-refractivity contribution in [3.63, 3.8) is 0 Å². The van der Waals surface area contributed by atoms with Gasteiger partial charge in [0.25, 0.3) is 0 Å². The monoisotopic (exact) mass is 224 g/mol. The molecule has 0 aliphatic heterocycles. The standard InChI is InChI=1S/C14H24O2/c1-2-12-3-11-4-13(6-12,9-15)8-14(5-11,7-12)10-16/h11,15-16H,2-10H2,1H3. The maximum absolute atomic E-state index is 9.77. The zero-order chi connectivity index (χ0) is 11.4. The molecular weight excluding hydrogens is 200 g/mol. The van der Waals surface area contributed by atoms with Crippen LogP contribution in [0.2, 0.25) is 0 Å². The number of hydrogen-bond donors (Lipinski definition) is 2. The Kier molecular flexibility index (Phi) is 2.23. The summed E-state index contributed by atoms with van der Waals surface area (Å²) in [4.78, 5) is 0. The van der Waals surface area contributed by atoms with Crippen molar-refractivity contribution in [2.24, 2.45) is 22.2 Å². The molecule has 2 atom stereocenters. The Hall–Kier alpha value is -0.0800. The fraction of sp³-hybridized carbons (Fsp3) is 1.00. The summed E-state index contributed by atoms with van der Waals surface area (Å²) in [5.41, 5.74) is 0.779. The predicted octanol–water partition coefficient (Wildman–Crippen LogP) is 2.34. The Balaban J connectivity index is 1.99. The molecule has 4 rings (SSSR count). The van der Waals surface area contributed by atoms with Crippen molar-refractivity contribution in [2.75, 3.05) is 13.2 Å². The molecule has 0 saturated heterocycles. The van der Waals surface area contributed by atoms with Gasteiger partial charge in [0, 0.05) is 13.2 Å². The minimum atomic E-state index is 0.165. The average molecular weight is 224 g/mol. The molecule has 0 amide bonds. The number of rotatable bonds is 3. The van der Waals surface area contributed by atoms with E-state index in [1.54, 1.807) is 0 Å². The first-order valence-corrected chi connectivity index (χ1v) is 6.81. The maximum Gasteiger partial charge on any atom is 0.0487 e. The van der Waals surface area contributed by atoms with Crippen LogP contribution in [0.3, 0.4) is 0 Å².